The Morgan fingerprint density at radius 3 is 1.34 bits per heavy atom. The van der Waals surface area contributed by atoms with E-state index in [0.29, 0.717) is 10.0 Å². The van der Waals surface area contributed by atoms with Gasteiger partial charge in [0.2, 0.25) is 0 Å². The van der Waals surface area contributed by atoms with E-state index in [2.05, 4.69) is 0 Å². The second-order valence-corrected chi connectivity index (χ2v) is 6.78. The topological polar surface area (TPSA) is 74.6 Å². The van der Waals surface area contributed by atoms with E-state index in [1.54, 1.807) is 60.7 Å². The molecule has 0 aromatic heterocycles. The number of fused-ring (bicyclic) bond motifs is 2. The molecule has 0 unspecified atom stereocenters. The molecular weight excluding hydrogens is 465 g/mol. The van der Waals surface area contributed by atoms with Crippen molar-refractivity contribution in [3.05, 3.63) is 94.0 Å². The van der Waals surface area contributed by atoms with Crippen molar-refractivity contribution in [2.75, 3.05) is 0 Å². The molecule has 0 fully saturated rings. The Morgan fingerprint density at radius 2 is 1.00 bits per heavy atom. The third kappa shape index (κ3) is 5.33. The van der Waals surface area contributed by atoms with E-state index >= 15 is 0 Å². The Kier molecular flexibility index (Phi) is 7.75. The predicted molar refractivity (Wildman–Crippen MR) is 112 cm³/mol. The van der Waals surface area contributed by atoms with E-state index in [4.69, 9.17) is 33.4 Å². The number of halogens is 2. The van der Waals surface area contributed by atoms with Crippen molar-refractivity contribution in [3.8, 4) is 0 Å². The minimum Gasteiger partial charge on any atom is -0.478 e. The molecule has 0 saturated carbocycles. The summed E-state index contributed by atoms with van der Waals surface area (Å²) in [6.45, 7) is 0. The number of hydrogen-bond donors (Lipinski definition) is 2. The van der Waals surface area contributed by atoms with Gasteiger partial charge in [-0.1, -0.05) is 59.6 Å². The van der Waals surface area contributed by atoms with Gasteiger partial charge in [-0.3, -0.25) is 0 Å². The molecule has 0 bridgehead atoms. The Hall–Kier alpha value is -2.46. The zero-order valence-corrected chi connectivity index (χ0v) is 19.6. The van der Waals surface area contributed by atoms with Crippen LogP contribution in [0.3, 0.4) is 0 Å². The fraction of sp³-hybridized carbons (Fsp3) is 0. The molecule has 0 heterocycles. The molecule has 142 valence electrons. The molecule has 4 aromatic rings. The first-order valence-corrected chi connectivity index (χ1v) is 8.95. The Labute approximate surface area is 189 Å². The average molecular weight is 479 g/mol. The van der Waals surface area contributed by atoms with Crippen LogP contribution in [0.1, 0.15) is 20.7 Å². The van der Waals surface area contributed by atoms with E-state index in [1.165, 1.54) is 0 Å². The summed E-state index contributed by atoms with van der Waals surface area (Å²) in [5.41, 5.74) is 0.555. The minimum atomic E-state index is -0.924. The van der Waals surface area contributed by atoms with Gasteiger partial charge in [-0.2, -0.15) is 0 Å². The Morgan fingerprint density at radius 1 is 0.621 bits per heavy atom. The van der Waals surface area contributed by atoms with Gasteiger partial charge < -0.3 is 10.2 Å². The van der Waals surface area contributed by atoms with E-state index < -0.39 is 11.9 Å². The van der Waals surface area contributed by atoms with Crippen LogP contribution in [0.5, 0.6) is 0 Å². The van der Waals surface area contributed by atoms with Crippen LogP contribution < -0.4 is 0 Å². The van der Waals surface area contributed by atoms with Crippen molar-refractivity contribution in [2.24, 2.45) is 0 Å². The maximum Gasteiger partial charge on any atom is 0.335 e. The monoisotopic (exact) mass is 476 g/mol. The molecule has 0 saturated heterocycles. The Bertz CT molecular complexity index is 1110. The summed E-state index contributed by atoms with van der Waals surface area (Å²) in [6.07, 6.45) is 0. The summed E-state index contributed by atoms with van der Waals surface area (Å²) in [5, 5.41) is 22.3. The number of benzene rings is 4. The quantitative estimate of drug-likeness (QED) is 0.328. The molecule has 0 amide bonds. The van der Waals surface area contributed by atoms with Crippen molar-refractivity contribution < 1.29 is 39.3 Å². The SMILES string of the molecule is O=C(O)c1ccc2c(Cl)cccc2c1.O=C(O)c1ccc2c(Cl)cccc2c1.[Zn]. The van der Waals surface area contributed by atoms with Crippen LogP contribution in [0.15, 0.2) is 72.8 Å². The molecule has 0 aliphatic heterocycles. The summed E-state index contributed by atoms with van der Waals surface area (Å²) in [7, 11) is 0. The minimum absolute atomic E-state index is 0. The Balaban J connectivity index is 0.000000200. The fourth-order valence-electron chi connectivity index (χ4n) is 2.75. The first-order chi connectivity index (χ1) is 13.4. The molecular formula is C22H14Cl2O4Zn. The van der Waals surface area contributed by atoms with Gasteiger partial charge in [0.05, 0.1) is 11.1 Å². The zero-order chi connectivity index (χ0) is 20.3. The first kappa shape index (κ1) is 22.8. The molecule has 2 N–H and O–H groups in total. The van der Waals surface area contributed by atoms with Crippen LogP contribution in [0.4, 0.5) is 0 Å². The molecule has 0 radical (unpaired) electrons. The molecule has 0 aliphatic rings. The summed E-state index contributed by atoms with van der Waals surface area (Å²) in [6, 6.07) is 20.6. The van der Waals surface area contributed by atoms with Gasteiger partial charge in [-0.25, -0.2) is 9.59 Å². The summed E-state index contributed by atoms with van der Waals surface area (Å²) >= 11 is 11.9. The van der Waals surface area contributed by atoms with E-state index in [0.717, 1.165) is 21.5 Å². The van der Waals surface area contributed by atoms with Crippen LogP contribution in [0.25, 0.3) is 21.5 Å². The van der Waals surface area contributed by atoms with E-state index in [1.807, 2.05) is 12.1 Å². The van der Waals surface area contributed by atoms with Gasteiger partial charge in [-0.15, -0.1) is 0 Å². The number of carboxylic acids is 2. The molecule has 29 heavy (non-hydrogen) atoms. The average Bonchev–Trinajstić information content (AvgIpc) is 2.68. The van der Waals surface area contributed by atoms with Crippen molar-refractivity contribution in [3.63, 3.8) is 0 Å². The smallest absolute Gasteiger partial charge is 0.335 e. The number of carbonyl (C=O) groups is 2. The van der Waals surface area contributed by atoms with Crippen LogP contribution >= 0.6 is 23.2 Å². The number of carboxylic acid groups (broad SMARTS) is 2. The molecule has 0 atom stereocenters. The molecule has 7 heteroatoms. The van der Waals surface area contributed by atoms with Gasteiger partial charge in [0.15, 0.2) is 0 Å². The normalized spacial score (nSPS) is 10.0. The van der Waals surface area contributed by atoms with Crippen LogP contribution in [0, 0.1) is 0 Å². The second-order valence-electron chi connectivity index (χ2n) is 5.96. The van der Waals surface area contributed by atoms with E-state index in [-0.39, 0.29) is 30.6 Å². The van der Waals surface area contributed by atoms with E-state index in [9.17, 15) is 9.59 Å². The van der Waals surface area contributed by atoms with Crippen LogP contribution in [-0.2, 0) is 19.5 Å². The largest absolute Gasteiger partial charge is 0.478 e. The number of hydrogen-bond acceptors (Lipinski definition) is 2. The fourth-order valence-corrected chi connectivity index (χ4v) is 3.24. The van der Waals surface area contributed by atoms with Gasteiger partial charge in [0.1, 0.15) is 0 Å². The third-order valence-electron chi connectivity index (χ3n) is 4.15. The summed E-state index contributed by atoms with van der Waals surface area (Å²) < 4.78 is 0. The molecule has 0 aliphatic carbocycles. The second kappa shape index (κ2) is 9.84. The van der Waals surface area contributed by atoms with Crippen molar-refractivity contribution in [2.45, 2.75) is 0 Å². The molecule has 4 aromatic carbocycles. The molecule has 0 spiro atoms. The van der Waals surface area contributed by atoms with Gasteiger partial charge >= 0.3 is 11.9 Å². The van der Waals surface area contributed by atoms with Gasteiger partial charge in [0, 0.05) is 40.3 Å². The van der Waals surface area contributed by atoms with Crippen molar-refractivity contribution >= 4 is 56.7 Å². The maximum atomic E-state index is 10.7. The zero-order valence-electron chi connectivity index (χ0n) is 15.1. The van der Waals surface area contributed by atoms with Crippen molar-refractivity contribution in [1.29, 1.82) is 0 Å². The number of aromatic carboxylic acids is 2. The number of rotatable bonds is 2. The first-order valence-electron chi connectivity index (χ1n) is 8.20. The standard InChI is InChI=1S/2C11H7ClO2.Zn/c2*12-10-3-1-2-7-6-8(11(13)14)4-5-9(7)10;/h2*1-6H,(H,13,14);. The van der Waals surface area contributed by atoms with Crippen LogP contribution in [-0.4, -0.2) is 22.2 Å². The molecule has 4 nitrogen and oxygen atoms in total. The van der Waals surface area contributed by atoms with Crippen LogP contribution in [0.2, 0.25) is 10.0 Å². The maximum absolute atomic E-state index is 10.7. The van der Waals surface area contributed by atoms with Gasteiger partial charge in [0.25, 0.3) is 0 Å². The van der Waals surface area contributed by atoms with Crippen molar-refractivity contribution in [1.82, 2.24) is 0 Å². The predicted octanol–water partition coefficient (Wildman–Crippen LogP) is 6.38. The summed E-state index contributed by atoms with van der Waals surface area (Å²) in [4.78, 5) is 21.4. The third-order valence-corrected chi connectivity index (χ3v) is 4.81. The molecule has 4 rings (SSSR count). The van der Waals surface area contributed by atoms with Gasteiger partial charge in [-0.05, 0) is 47.2 Å². The summed E-state index contributed by atoms with van der Waals surface area (Å²) in [5.74, 6) is -1.85.